The lowest BCUT2D eigenvalue weighted by Gasteiger charge is -2.08. The lowest BCUT2D eigenvalue weighted by Crippen LogP contribution is -2.16. The Kier molecular flexibility index (Phi) is 3.23. The van der Waals surface area contributed by atoms with Crippen molar-refractivity contribution in [2.45, 2.75) is 20.3 Å². The van der Waals surface area contributed by atoms with Gasteiger partial charge in [0.15, 0.2) is 5.88 Å². The molecule has 0 N–H and O–H groups in total. The molecular formula is C13H17N3O2. The summed E-state index contributed by atoms with van der Waals surface area (Å²) in [7, 11) is 3.56. The van der Waals surface area contributed by atoms with Gasteiger partial charge in [0.2, 0.25) is 0 Å². The van der Waals surface area contributed by atoms with E-state index in [1.54, 1.807) is 19.2 Å². The quantitative estimate of drug-likeness (QED) is 0.699. The van der Waals surface area contributed by atoms with E-state index in [-0.39, 0.29) is 5.91 Å². The average Bonchev–Trinajstić information content (AvgIpc) is 2.78. The summed E-state index contributed by atoms with van der Waals surface area (Å²) in [6.45, 7) is 3.87. The molecule has 0 fully saturated rings. The number of likely N-dealkylation sites (N-methyl/N-ethyl adjacent to an activating group) is 1. The van der Waals surface area contributed by atoms with Gasteiger partial charge in [-0.15, -0.1) is 0 Å². The Morgan fingerprint density at radius 2 is 2.11 bits per heavy atom. The van der Waals surface area contributed by atoms with E-state index in [0.29, 0.717) is 11.5 Å². The summed E-state index contributed by atoms with van der Waals surface area (Å²) in [5, 5.41) is 5.55. The van der Waals surface area contributed by atoms with Crippen molar-refractivity contribution in [3.8, 4) is 0 Å². The first kappa shape index (κ1) is 12.4. The van der Waals surface area contributed by atoms with E-state index < -0.39 is 0 Å². The van der Waals surface area contributed by atoms with Crippen LogP contribution < -0.4 is 0 Å². The fraction of sp³-hybridized carbons (Fsp3) is 0.385. The third-order valence-corrected chi connectivity index (χ3v) is 2.82. The summed E-state index contributed by atoms with van der Waals surface area (Å²) in [6.07, 6.45) is 6.19. The van der Waals surface area contributed by atoms with Gasteiger partial charge in [-0.3, -0.25) is 4.79 Å². The van der Waals surface area contributed by atoms with Gasteiger partial charge in [-0.2, -0.15) is 5.10 Å². The SMILES string of the molecule is CCC1=NN(C)C(=O)/C1=C/C=C1/OC(C)=CN1C. The van der Waals surface area contributed by atoms with Crippen LogP contribution in [0.4, 0.5) is 0 Å². The number of hydrogen-bond acceptors (Lipinski definition) is 4. The summed E-state index contributed by atoms with van der Waals surface area (Å²) in [5.41, 5.74) is 1.44. The molecule has 2 rings (SSSR count). The Hall–Kier alpha value is -2.04. The normalized spacial score (nSPS) is 23.9. The predicted molar refractivity (Wildman–Crippen MR) is 69.3 cm³/mol. The molecule has 96 valence electrons. The molecule has 0 saturated heterocycles. The van der Waals surface area contributed by atoms with E-state index in [9.17, 15) is 4.79 Å². The van der Waals surface area contributed by atoms with Crippen molar-refractivity contribution in [1.29, 1.82) is 0 Å². The molecule has 1 amide bonds. The van der Waals surface area contributed by atoms with Crippen LogP contribution in [0.15, 0.2) is 40.7 Å². The second-order valence-electron chi connectivity index (χ2n) is 4.27. The number of ether oxygens (including phenoxy) is 1. The topological polar surface area (TPSA) is 45.1 Å². The third kappa shape index (κ3) is 2.16. The molecule has 18 heavy (non-hydrogen) atoms. The second-order valence-corrected chi connectivity index (χ2v) is 4.27. The lowest BCUT2D eigenvalue weighted by molar-refractivity contribution is -0.124. The number of hydrogen-bond donors (Lipinski definition) is 0. The lowest BCUT2D eigenvalue weighted by atomic mass is 10.1. The first-order chi connectivity index (χ1) is 8.52. The molecule has 0 aliphatic carbocycles. The van der Waals surface area contributed by atoms with Crippen LogP contribution >= 0.6 is 0 Å². The molecule has 5 nitrogen and oxygen atoms in total. The van der Waals surface area contributed by atoms with Crippen molar-refractivity contribution in [3.63, 3.8) is 0 Å². The molecule has 0 saturated carbocycles. The van der Waals surface area contributed by atoms with Crippen LogP contribution in [0.25, 0.3) is 0 Å². The largest absolute Gasteiger partial charge is 0.444 e. The Bertz CT molecular complexity index is 500. The Balaban J connectivity index is 2.22. The highest BCUT2D eigenvalue weighted by atomic mass is 16.5. The summed E-state index contributed by atoms with van der Waals surface area (Å²) in [4.78, 5) is 13.7. The molecule has 2 aliphatic rings. The Morgan fingerprint density at radius 1 is 1.39 bits per heavy atom. The molecule has 0 aromatic rings. The van der Waals surface area contributed by atoms with Crippen LogP contribution in [0, 0.1) is 0 Å². The molecule has 2 heterocycles. The predicted octanol–water partition coefficient (Wildman–Crippen LogP) is 1.82. The van der Waals surface area contributed by atoms with Crippen LogP contribution in [-0.2, 0) is 9.53 Å². The average molecular weight is 247 g/mol. The molecule has 0 aromatic carbocycles. The fourth-order valence-corrected chi connectivity index (χ4v) is 1.91. The maximum atomic E-state index is 11.9. The molecule has 0 atom stereocenters. The molecule has 5 heteroatoms. The van der Waals surface area contributed by atoms with Gasteiger partial charge in [0.05, 0.1) is 11.3 Å². The number of amides is 1. The van der Waals surface area contributed by atoms with Crippen molar-refractivity contribution >= 4 is 11.6 Å². The smallest absolute Gasteiger partial charge is 0.275 e. The van der Waals surface area contributed by atoms with E-state index in [1.165, 1.54) is 5.01 Å². The van der Waals surface area contributed by atoms with Gasteiger partial charge >= 0.3 is 0 Å². The zero-order valence-corrected chi connectivity index (χ0v) is 11.1. The molecule has 2 aliphatic heterocycles. The number of rotatable bonds is 2. The van der Waals surface area contributed by atoms with Gasteiger partial charge in [-0.05, 0) is 25.5 Å². The molecule has 0 radical (unpaired) electrons. The Labute approximate surface area is 107 Å². The number of allylic oxidation sites excluding steroid dienone is 3. The highest BCUT2D eigenvalue weighted by Gasteiger charge is 2.25. The number of carbonyl (C=O) groups excluding carboxylic acids is 1. The number of carbonyl (C=O) groups is 1. The second kappa shape index (κ2) is 4.68. The van der Waals surface area contributed by atoms with E-state index >= 15 is 0 Å². The van der Waals surface area contributed by atoms with E-state index in [2.05, 4.69) is 5.10 Å². The van der Waals surface area contributed by atoms with Gasteiger partial charge in [-0.1, -0.05) is 6.92 Å². The van der Waals surface area contributed by atoms with Gasteiger partial charge in [0.1, 0.15) is 5.76 Å². The van der Waals surface area contributed by atoms with Crippen LogP contribution in [0.1, 0.15) is 20.3 Å². The highest BCUT2D eigenvalue weighted by molar-refractivity contribution is 6.24. The van der Waals surface area contributed by atoms with Crippen LogP contribution in [0.2, 0.25) is 0 Å². The van der Waals surface area contributed by atoms with Crippen LogP contribution in [0.5, 0.6) is 0 Å². The minimum Gasteiger partial charge on any atom is -0.444 e. The van der Waals surface area contributed by atoms with Gasteiger partial charge in [0, 0.05) is 20.3 Å². The maximum Gasteiger partial charge on any atom is 0.275 e. The minimum absolute atomic E-state index is 0.0750. The van der Waals surface area contributed by atoms with Gasteiger partial charge in [0.25, 0.3) is 5.91 Å². The zero-order chi connectivity index (χ0) is 13.3. The first-order valence-corrected chi connectivity index (χ1v) is 5.90. The first-order valence-electron chi connectivity index (χ1n) is 5.90. The molecule has 0 spiro atoms. The van der Waals surface area contributed by atoms with Crippen molar-refractivity contribution in [1.82, 2.24) is 9.91 Å². The van der Waals surface area contributed by atoms with E-state index in [4.69, 9.17) is 4.74 Å². The van der Waals surface area contributed by atoms with E-state index in [1.807, 2.05) is 32.0 Å². The van der Waals surface area contributed by atoms with Crippen molar-refractivity contribution in [3.05, 3.63) is 35.6 Å². The van der Waals surface area contributed by atoms with Crippen LogP contribution in [0.3, 0.4) is 0 Å². The van der Waals surface area contributed by atoms with E-state index in [0.717, 1.165) is 17.9 Å². The number of nitrogens with zero attached hydrogens (tertiary/aromatic N) is 3. The van der Waals surface area contributed by atoms with Crippen molar-refractivity contribution in [2.75, 3.05) is 14.1 Å². The number of hydrazone groups is 1. The van der Waals surface area contributed by atoms with Crippen molar-refractivity contribution < 1.29 is 9.53 Å². The molecule has 0 bridgehead atoms. The summed E-state index contributed by atoms with van der Waals surface area (Å²) >= 11 is 0. The summed E-state index contributed by atoms with van der Waals surface area (Å²) in [5.74, 6) is 1.47. The summed E-state index contributed by atoms with van der Waals surface area (Å²) < 4.78 is 5.50. The molecular weight excluding hydrogens is 230 g/mol. The zero-order valence-electron chi connectivity index (χ0n) is 11.1. The third-order valence-electron chi connectivity index (χ3n) is 2.82. The van der Waals surface area contributed by atoms with Crippen molar-refractivity contribution in [2.24, 2.45) is 5.10 Å². The highest BCUT2D eigenvalue weighted by Crippen LogP contribution is 2.21. The van der Waals surface area contributed by atoms with Gasteiger partial charge in [-0.25, -0.2) is 5.01 Å². The fourth-order valence-electron chi connectivity index (χ4n) is 1.91. The Morgan fingerprint density at radius 3 is 2.67 bits per heavy atom. The minimum atomic E-state index is -0.0750. The molecule has 0 unspecified atom stereocenters. The van der Waals surface area contributed by atoms with Crippen LogP contribution in [-0.4, -0.2) is 35.6 Å². The maximum absolute atomic E-state index is 11.9. The standard InChI is InChI=1S/C13H17N3O2/c1-5-11-10(13(17)16(4)14-11)6-7-12-15(3)8-9(2)18-12/h6-8H,5H2,1-4H3/b10-6+,12-7+. The summed E-state index contributed by atoms with van der Waals surface area (Å²) in [6, 6.07) is 0. The molecule has 0 aromatic heterocycles. The monoisotopic (exact) mass is 247 g/mol. The van der Waals surface area contributed by atoms with Gasteiger partial charge < -0.3 is 9.64 Å².